The molecule has 0 spiro atoms. The van der Waals surface area contributed by atoms with E-state index in [2.05, 4.69) is 23.7 Å². The molecule has 1 heterocycles. The molecule has 0 amide bonds. The fraction of sp³-hybridized carbons (Fsp3) is 0.769. The van der Waals surface area contributed by atoms with Crippen molar-refractivity contribution in [1.82, 2.24) is 4.98 Å². The van der Waals surface area contributed by atoms with E-state index in [1.165, 1.54) is 19.3 Å². The highest BCUT2D eigenvalue weighted by molar-refractivity contribution is 7.13. The molecule has 0 aliphatic heterocycles. The summed E-state index contributed by atoms with van der Waals surface area (Å²) in [6.07, 6.45) is 3.34. The minimum Gasteiger partial charge on any atom is -0.387 e. The van der Waals surface area contributed by atoms with Crippen molar-refractivity contribution in [2.45, 2.75) is 52.2 Å². The molecular weight excluding hydrogens is 232 g/mol. The van der Waals surface area contributed by atoms with Gasteiger partial charge in [-0.2, -0.15) is 0 Å². The van der Waals surface area contributed by atoms with E-state index in [1.807, 2.05) is 5.38 Å². The van der Waals surface area contributed by atoms with Crippen LogP contribution in [-0.2, 0) is 0 Å². The Balaban J connectivity index is 2.03. The van der Waals surface area contributed by atoms with Gasteiger partial charge in [-0.3, -0.25) is 0 Å². The molecule has 0 bridgehead atoms. The number of anilines is 1. The van der Waals surface area contributed by atoms with Crippen LogP contribution in [0, 0.1) is 5.92 Å². The van der Waals surface area contributed by atoms with Crippen molar-refractivity contribution < 1.29 is 5.11 Å². The van der Waals surface area contributed by atoms with Crippen molar-refractivity contribution >= 4 is 16.5 Å². The first-order chi connectivity index (χ1) is 8.08. The van der Waals surface area contributed by atoms with Crippen molar-refractivity contribution in [3.05, 3.63) is 11.1 Å². The molecule has 4 heteroatoms. The number of thiazole rings is 1. The Morgan fingerprint density at radius 3 is 2.65 bits per heavy atom. The maximum atomic E-state index is 9.52. The first kappa shape index (κ1) is 12.8. The fourth-order valence-corrected chi connectivity index (χ4v) is 2.83. The molecule has 1 unspecified atom stereocenters. The molecule has 1 aromatic heterocycles. The Bertz CT molecular complexity index is 358. The van der Waals surface area contributed by atoms with Crippen LogP contribution in [0.3, 0.4) is 0 Å². The molecule has 17 heavy (non-hydrogen) atoms. The summed E-state index contributed by atoms with van der Waals surface area (Å²) in [5.74, 6) is 0.729. The molecule has 0 radical (unpaired) electrons. The van der Waals surface area contributed by atoms with Gasteiger partial charge in [0.25, 0.3) is 0 Å². The van der Waals surface area contributed by atoms with E-state index < -0.39 is 6.10 Å². The van der Waals surface area contributed by atoms with E-state index in [0.29, 0.717) is 6.04 Å². The normalized spacial score (nSPS) is 17.5. The minimum atomic E-state index is -0.453. The summed E-state index contributed by atoms with van der Waals surface area (Å²) in [7, 11) is 0. The van der Waals surface area contributed by atoms with Crippen molar-refractivity contribution in [2.24, 2.45) is 5.92 Å². The number of nitrogens with zero attached hydrogens (tertiary/aromatic N) is 2. The second kappa shape index (κ2) is 5.36. The largest absolute Gasteiger partial charge is 0.387 e. The van der Waals surface area contributed by atoms with Gasteiger partial charge >= 0.3 is 0 Å². The predicted molar refractivity (Wildman–Crippen MR) is 72.6 cm³/mol. The molecule has 1 aliphatic rings. The van der Waals surface area contributed by atoms with E-state index in [1.54, 1.807) is 18.3 Å². The SMILES string of the molecule is CC(C)CCN(c1nc(C(C)O)cs1)C1CC1. The summed E-state index contributed by atoms with van der Waals surface area (Å²) in [5.41, 5.74) is 0.806. The van der Waals surface area contributed by atoms with Gasteiger partial charge in [0, 0.05) is 18.0 Å². The van der Waals surface area contributed by atoms with E-state index in [9.17, 15) is 5.11 Å². The molecule has 2 rings (SSSR count). The van der Waals surface area contributed by atoms with Gasteiger partial charge in [-0.25, -0.2) is 4.98 Å². The van der Waals surface area contributed by atoms with Crippen LogP contribution in [-0.4, -0.2) is 22.7 Å². The van der Waals surface area contributed by atoms with Crippen LogP contribution in [0.5, 0.6) is 0 Å². The molecule has 1 N–H and O–H groups in total. The van der Waals surface area contributed by atoms with E-state index >= 15 is 0 Å². The Labute approximate surface area is 107 Å². The molecule has 1 saturated carbocycles. The third-order valence-electron chi connectivity index (χ3n) is 3.12. The number of aromatic nitrogens is 1. The maximum absolute atomic E-state index is 9.52. The first-order valence-corrected chi connectivity index (χ1v) is 7.36. The quantitative estimate of drug-likeness (QED) is 0.847. The lowest BCUT2D eigenvalue weighted by Crippen LogP contribution is -2.27. The zero-order chi connectivity index (χ0) is 12.4. The topological polar surface area (TPSA) is 36.4 Å². The average Bonchev–Trinajstić information content (AvgIpc) is 2.95. The molecule has 1 aromatic rings. The maximum Gasteiger partial charge on any atom is 0.185 e. The highest BCUT2D eigenvalue weighted by Gasteiger charge is 2.30. The van der Waals surface area contributed by atoms with Gasteiger partial charge in [0.2, 0.25) is 0 Å². The standard InChI is InChI=1S/C13H22N2OS/c1-9(2)6-7-15(11-4-5-11)13-14-12(8-17-13)10(3)16/h8-11,16H,4-7H2,1-3H3. The van der Waals surface area contributed by atoms with E-state index in [0.717, 1.165) is 23.3 Å². The molecule has 0 aromatic carbocycles. The Morgan fingerprint density at radius 1 is 1.47 bits per heavy atom. The van der Waals surface area contributed by atoms with Crippen LogP contribution in [0.15, 0.2) is 5.38 Å². The zero-order valence-electron chi connectivity index (χ0n) is 10.9. The lowest BCUT2D eigenvalue weighted by atomic mass is 10.1. The number of aliphatic hydroxyl groups excluding tert-OH is 1. The van der Waals surface area contributed by atoms with Crippen molar-refractivity contribution in [1.29, 1.82) is 0 Å². The molecular formula is C13H22N2OS. The Hall–Kier alpha value is -0.610. The van der Waals surface area contributed by atoms with Crippen LogP contribution in [0.1, 0.15) is 51.8 Å². The van der Waals surface area contributed by atoms with Crippen LogP contribution in [0.4, 0.5) is 5.13 Å². The number of aliphatic hydroxyl groups is 1. The Kier molecular flexibility index (Phi) is 4.05. The lowest BCUT2D eigenvalue weighted by Gasteiger charge is -2.22. The minimum absolute atomic E-state index is 0.453. The lowest BCUT2D eigenvalue weighted by molar-refractivity contribution is 0.195. The highest BCUT2D eigenvalue weighted by Crippen LogP contribution is 2.34. The zero-order valence-corrected chi connectivity index (χ0v) is 11.7. The third-order valence-corrected chi connectivity index (χ3v) is 4.01. The number of hydrogen-bond donors (Lipinski definition) is 1. The van der Waals surface area contributed by atoms with Gasteiger partial charge in [-0.05, 0) is 32.1 Å². The van der Waals surface area contributed by atoms with Crippen molar-refractivity contribution in [3.63, 3.8) is 0 Å². The van der Waals surface area contributed by atoms with Crippen LogP contribution >= 0.6 is 11.3 Å². The van der Waals surface area contributed by atoms with Gasteiger partial charge < -0.3 is 10.0 Å². The number of rotatable bonds is 6. The fourth-order valence-electron chi connectivity index (χ4n) is 1.82. The second-order valence-electron chi connectivity index (χ2n) is 5.34. The van der Waals surface area contributed by atoms with Crippen LogP contribution in [0.2, 0.25) is 0 Å². The molecule has 96 valence electrons. The van der Waals surface area contributed by atoms with E-state index in [4.69, 9.17) is 0 Å². The third kappa shape index (κ3) is 3.42. The van der Waals surface area contributed by atoms with Gasteiger partial charge in [0.05, 0.1) is 11.8 Å². The monoisotopic (exact) mass is 254 g/mol. The van der Waals surface area contributed by atoms with Gasteiger partial charge in [0.15, 0.2) is 5.13 Å². The van der Waals surface area contributed by atoms with E-state index in [-0.39, 0.29) is 0 Å². The van der Waals surface area contributed by atoms with Gasteiger partial charge in [0.1, 0.15) is 0 Å². The summed E-state index contributed by atoms with van der Waals surface area (Å²) in [6.45, 7) is 7.38. The summed E-state index contributed by atoms with van der Waals surface area (Å²) < 4.78 is 0. The predicted octanol–water partition coefficient (Wildman–Crippen LogP) is 3.21. The first-order valence-electron chi connectivity index (χ1n) is 6.48. The summed E-state index contributed by atoms with van der Waals surface area (Å²) in [5, 5.41) is 12.6. The molecule has 1 fully saturated rings. The summed E-state index contributed by atoms with van der Waals surface area (Å²) in [4.78, 5) is 6.97. The summed E-state index contributed by atoms with van der Waals surface area (Å²) >= 11 is 1.66. The second-order valence-corrected chi connectivity index (χ2v) is 6.17. The van der Waals surface area contributed by atoms with Crippen LogP contribution in [0.25, 0.3) is 0 Å². The Morgan fingerprint density at radius 2 is 2.18 bits per heavy atom. The van der Waals surface area contributed by atoms with Crippen molar-refractivity contribution in [3.8, 4) is 0 Å². The van der Waals surface area contributed by atoms with Gasteiger partial charge in [-0.1, -0.05) is 13.8 Å². The highest BCUT2D eigenvalue weighted by atomic mass is 32.1. The summed E-state index contributed by atoms with van der Waals surface area (Å²) in [6, 6.07) is 0.696. The molecule has 1 atom stereocenters. The number of hydrogen-bond acceptors (Lipinski definition) is 4. The molecule has 1 aliphatic carbocycles. The van der Waals surface area contributed by atoms with Crippen LogP contribution < -0.4 is 4.90 Å². The molecule has 3 nitrogen and oxygen atoms in total. The molecule has 0 saturated heterocycles. The smallest absolute Gasteiger partial charge is 0.185 e. The van der Waals surface area contributed by atoms with Gasteiger partial charge in [-0.15, -0.1) is 11.3 Å². The average molecular weight is 254 g/mol. The van der Waals surface area contributed by atoms with Crippen molar-refractivity contribution in [2.75, 3.05) is 11.4 Å².